The molecule has 0 heterocycles. The van der Waals surface area contributed by atoms with E-state index in [1.54, 1.807) is 13.0 Å². The lowest BCUT2D eigenvalue weighted by molar-refractivity contribution is -0.139. The van der Waals surface area contributed by atoms with E-state index in [1.165, 1.54) is 12.1 Å². The van der Waals surface area contributed by atoms with E-state index in [0.29, 0.717) is 18.4 Å². The topological polar surface area (TPSA) is 113 Å². The predicted molar refractivity (Wildman–Crippen MR) is 102 cm³/mol. The number of benzene rings is 1. The average molecular weight is 397 g/mol. The number of carboxylic acid groups (broad SMARTS) is 1. The number of nitrogens with one attached hydrogen (secondary N) is 2. The summed E-state index contributed by atoms with van der Waals surface area (Å²) in [7, 11) is -3.74. The van der Waals surface area contributed by atoms with Crippen LogP contribution in [0.1, 0.15) is 67.8 Å². The van der Waals surface area contributed by atoms with Gasteiger partial charge in [-0.2, -0.15) is 0 Å². The third kappa shape index (κ3) is 5.77. The Balaban J connectivity index is 2.19. The van der Waals surface area contributed by atoms with Crippen LogP contribution in [0, 0.1) is 6.92 Å². The van der Waals surface area contributed by atoms with Crippen LogP contribution in [-0.2, 0) is 14.8 Å². The first kappa shape index (κ1) is 21.4. The molecule has 1 unspecified atom stereocenters. The van der Waals surface area contributed by atoms with Crippen molar-refractivity contribution in [3.63, 3.8) is 0 Å². The molecule has 1 aromatic carbocycles. The summed E-state index contributed by atoms with van der Waals surface area (Å²) in [6.07, 6.45) is 5.46. The van der Waals surface area contributed by atoms with Crippen LogP contribution in [0.25, 0.3) is 0 Å². The van der Waals surface area contributed by atoms with Gasteiger partial charge in [-0.3, -0.25) is 4.79 Å². The van der Waals surface area contributed by atoms with Crippen LogP contribution in [0.2, 0.25) is 0 Å². The van der Waals surface area contributed by atoms with Gasteiger partial charge in [-0.25, -0.2) is 17.9 Å². The van der Waals surface area contributed by atoms with Crippen LogP contribution in [0.5, 0.6) is 0 Å². The van der Waals surface area contributed by atoms with Gasteiger partial charge in [0.2, 0.25) is 10.0 Å². The summed E-state index contributed by atoms with van der Waals surface area (Å²) < 4.78 is 28.1. The molecule has 1 fully saturated rings. The van der Waals surface area contributed by atoms with Gasteiger partial charge in [0.15, 0.2) is 0 Å². The maximum Gasteiger partial charge on any atom is 0.326 e. The zero-order valence-electron chi connectivity index (χ0n) is 15.8. The zero-order valence-corrected chi connectivity index (χ0v) is 16.6. The molecule has 0 aromatic heterocycles. The highest BCUT2D eigenvalue weighted by molar-refractivity contribution is 7.89. The second-order valence-electron chi connectivity index (χ2n) is 7.09. The summed E-state index contributed by atoms with van der Waals surface area (Å²) in [5, 5.41) is 11.7. The van der Waals surface area contributed by atoms with E-state index in [0.717, 1.165) is 32.1 Å². The van der Waals surface area contributed by atoms with Crippen molar-refractivity contribution in [2.45, 2.75) is 75.8 Å². The van der Waals surface area contributed by atoms with Crippen molar-refractivity contribution in [2.24, 2.45) is 0 Å². The molecule has 1 aromatic rings. The Hall–Kier alpha value is -1.93. The van der Waals surface area contributed by atoms with Crippen molar-refractivity contribution in [2.75, 3.05) is 0 Å². The monoisotopic (exact) mass is 396 g/mol. The largest absolute Gasteiger partial charge is 0.480 e. The number of hydrogen-bond acceptors (Lipinski definition) is 4. The molecule has 1 aliphatic carbocycles. The molecule has 1 atom stereocenters. The summed E-state index contributed by atoms with van der Waals surface area (Å²) in [6, 6.07) is 3.34. The Labute approximate surface area is 160 Å². The van der Waals surface area contributed by atoms with Gasteiger partial charge < -0.3 is 10.4 Å². The van der Waals surface area contributed by atoms with Gasteiger partial charge in [0.05, 0.1) is 4.90 Å². The molecule has 1 aliphatic rings. The first-order valence-electron chi connectivity index (χ1n) is 9.41. The summed E-state index contributed by atoms with van der Waals surface area (Å²) >= 11 is 0. The van der Waals surface area contributed by atoms with Crippen molar-refractivity contribution >= 4 is 21.9 Å². The molecular weight excluding hydrogens is 368 g/mol. The molecule has 1 saturated carbocycles. The quantitative estimate of drug-likeness (QED) is 0.594. The molecule has 0 spiro atoms. The van der Waals surface area contributed by atoms with Gasteiger partial charge in [-0.1, -0.05) is 38.7 Å². The molecule has 150 valence electrons. The molecule has 2 rings (SSSR count). The number of sulfonamides is 1. The van der Waals surface area contributed by atoms with Gasteiger partial charge in [0.1, 0.15) is 6.04 Å². The summed E-state index contributed by atoms with van der Waals surface area (Å²) in [4.78, 5) is 23.9. The van der Waals surface area contributed by atoms with Crippen LogP contribution in [0.3, 0.4) is 0 Å². The Morgan fingerprint density at radius 3 is 2.52 bits per heavy atom. The fourth-order valence-electron chi connectivity index (χ4n) is 3.26. The Kier molecular flexibility index (Phi) is 7.38. The van der Waals surface area contributed by atoms with Crippen LogP contribution >= 0.6 is 0 Å². The van der Waals surface area contributed by atoms with Crippen molar-refractivity contribution in [1.29, 1.82) is 0 Å². The standard InChI is InChI=1S/C19H28N2O5S/c1-3-4-9-16(19(23)24)20-18(22)14-11-10-13(2)17(12-14)27(25,26)21-15-7-5-6-8-15/h10-12,15-16,21H,3-9H2,1-2H3,(H,20,22)(H,23,24). The number of unbranched alkanes of at least 4 members (excludes halogenated alkanes) is 1. The van der Waals surface area contributed by atoms with E-state index in [4.69, 9.17) is 0 Å². The molecule has 27 heavy (non-hydrogen) atoms. The second kappa shape index (κ2) is 9.32. The van der Waals surface area contributed by atoms with Gasteiger partial charge in [0.25, 0.3) is 5.91 Å². The molecule has 0 saturated heterocycles. The molecular formula is C19H28N2O5S. The number of carbonyl (C=O) groups is 2. The number of carboxylic acids is 1. The molecule has 3 N–H and O–H groups in total. The van der Waals surface area contributed by atoms with E-state index in [-0.39, 0.29) is 16.5 Å². The highest BCUT2D eigenvalue weighted by Gasteiger charge is 2.26. The number of hydrogen-bond donors (Lipinski definition) is 3. The minimum absolute atomic E-state index is 0.0579. The average Bonchev–Trinajstić information content (AvgIpc) is 3.10. The maximum absolute atomic E-state index is 12.7. The van der Waals surface area contributed by atoms with Crippen molar-refractivity contribution in [3.05, 3.63) is 29.3 Å². The van der Waals surface area contributed by atoms with Crippen molar-refractivity contribution < 1.29 is 23.1 Å². The third-order valence-electron chi connectivity index (χ3n) is 4.87. The molecule has 0 radical (unpaired) electrons. The Morgan fingerprint density at radius 1 is 1.26 bits per heavy atom. The fourth-order valence-corrected chi connectivity index (χ4v) is 4.84. The number of aryl methyl sites for hydroxylation is 1. The van der Waals surface area contributed by atoms with Crippen molar-refractivity contribution in [1.82, 2.24) is 10.0 Å². The molecule has 0 bridgehead atoms. The third-order valence-corrected chi connectivity index (χ3v) is 6.53. The minimum Gasteiger partial charge on any atom is -0.480 e. The number of aliphatic carboxylic acids is 1. The highest BCUT2D eigenvalue weighted by Crippen LogP contribution is 2.22. The Morgan fingerprint density at radius 2 is 1.93 bits per heavy atom. The molecule has 0 aliphatic heterocycles. The van der Waals surface area contributed by atoms with Gasteiger partial charge in [-0.15, -0.1) is 0 Å². The second-order valence-corrected chi connectivity index (χ2v) is 8.77. The normalized spacial score (nSPS) is 16.2. The first-order chi connectivity index (χ1) is 12.7. The predicted octanol–water partition coefficient (Wildman–Crippen LogP) is 2.59. The maximum atomic E-state index is 12.7. The van der Waals surface area contributed by atoms with E-state index in [9.17, 15) is 23.1 Å². The fraction of sp³-hybridized carbons (Fsp3) is 0.579. The van der Waals surface area contributed by atoms with Crippen molar-refractivity contribution in [3.8, 4) is 0 Å². The zero-order chi connectivity index (χ0) is 20.0. The highest BCUT2D eigenvalue weighted by atomic mass is 32.2. The molecule has 8 heteroatoms. The summed E-state index contributed by atoms with van der Waals surface area (Å²) in [5.41, 5.74) is 0.674. The summed E-state index contributed by atoms with van der Waals surface area (Å²) in [5.74, 6) is -1.68. The van der Waals surface area contributed by atoms with Gasteiger partial charge in [-0.05, 0) is 43.9 Å². The number of amides is 1. The van der Waals surface area contributed by atoms with Crippen LogP contribution < -0.4 is 10.0 Å². The van der Waals surface area contributed by atoms with Crippen LogP contribution in [0.4, 0.5) is 0 Å². The smallest absolute Gasteiger partial charge is 0.326 e. The first-order valence-corrected chi connectivity index (χ1v) is 10.9. The SMILES string of the molecule is CCCCC(NC(=O)c1ccc(C)c(S(=O)(=O)NC2CCCC2)c1)C(=O)O. The number of rotatable bonds is 9. The van der Waals surface area contributed by atoms with E-state index < -0.39 is 27.9 Å². The minimum atomic E-state index is -3.74. The lowest BCUT2D eigenvalue weighted by atomic mass is 10.1. The van der Waals surface area contributed by atoms with E-state index >= 15 is 0 Å². The number of carbonyl (C=O) groups excluding carboxylic acids is 1. The Bertz CT molecular complexity index is 785. The van der Waals surface area contributed by atoms with E-state index in [2.05, 4.69) is 10.0 Å². The van der Waals surface area contributed by atoms with E-state index in [1.807, 2.05) is 6.92 Å². The van der Waals surface area contributed by atoms with Gasteiger partial charge in [0, 0.05) is 11.6 Å². The molecule has 7 nitrogen and oxygen atoms in total. The van der Waals surface area contributed by atoms with Crippen LogP contribution in [-0.4, -0.2) is 37.5 Å². The lowest BCUT2D eigenvalue weighted by Gasteiger charge is -2.16. The lowest BCUT2D eigenvalue weighted by Crippen LogP contribution is -2.40. The summed E-state index contributed by atoms with van der Waals surface area (Å²) in [6.45, 7) is 3.61. The van der Waals surface area contributed by atoms with Gasteiger partial charge >= 0.3 is 5.97 Å². The van der Waals surface area contributed by atoms with Crippen LogP contribution in [0.15, 0.2) is 23.1 Å². The molecule has 1 amide bonds.